The van der Waals surface area contributed by atoms with E-state index in [4.69, 9.17) is 10.5 Å². The average molecular weight is 376 g/mol. The molecule has 0 fully saturated rings. The molecule has 0 aliphatic carbocycles. The number of rotatable bonds is 6. The maximum Gasteiger partial charge on any atom is 0.416 e. The van der Waals surface area contributed by atoms with Crippen LogP contribution in [0.15, 0.2) is 24.3 Å². The summed E-state index contributed by atoms with van der Waals surface area (Å²) in [5, 5.41) is 2.22. The van der Waals surface area contributed by atoms with Gasteiger partial charge < -0.3 is 15.8 Å². The summed E-state index contributed by atoms with van der Waals surface area (Å²) in [5.74, 6) is -1.99. The fraction of sp³-hybridized carbons (Fsp3) is 0.400. The number of amides is 4. The number of hydrogen-bond donors (Lipinski definition) is 4. The van der Waals surface area contributed by atoms with E-state index in [9.17, 15) is 27.6 Å². The first-order chi connectivity index (χ1) is 12.0. The molecular weight excluding hydrogens is 357 g/mol. The molecule has 1 aromatic carbocycles. The van der Waals surface area contributed by atoms with E-state index in [-0.39, 0.29) is 11.7 Å². The fourth-order valence-electron chi connectivity index (χ4n) is 1.84. The SMILES string of the molecule is CC(C)[C@H](NC(N)=O)C(=O)NNC(=O)COc1cccc(C(F)(F)F)c1. The zero-order chi connectivity index (χ0) is 19.9. The Morgan fingerprint density at radius 1 is 1.19 bits per heavy atom. The molecule has 0 saturated heterocycles. The first-order valence-electron chi connectivity index (χ1n) is 7.45. The highest BCUT2D eigenvalue weighted by molar-refractivity contribution is 5.88. The van der Waals surface area contributed by atoms with Gasteiger partial charge in [0, 0.05) is 0 Å². The molecule has 0 spiro atoms. The lowest BCUT2D eigenvalue weighted by Gasteiger charge is -2.20. The predicted molar refractivity (Wildman–Crippen MR) is 84.6 cm³/mol. The van der Waals surface area contributed by atoms with E-state index in [2.05, 4.69) is 10.7 Å². The third kappa shape index (κ3) is 6.87. The van der Waals surface area contributed by atoms with Crippen molar-refractivity contribution >= 4 is 17.8 Å². The molecule has 5 N–H and O–H groups in total. The molecule has 11 heteroatoms. The quantitative estimate of drug-likeness (QED) is 0.552. The molecule has 1 aromatic rings. The number of nitrogens with one attached hydrogen (secondary N) is 3. The number of primary amides is 1. The van der Waals surface area contributed by atoms with Crippen LogP contribution in [0.1, 0.15) is 19.4 Å². The summed E-state index contributed by atoms with van der Waals surface area (Å²) >= 11 is 0. The second-order valence-corrected chi connectivity index (χ2v) is 5.58. The van der Waals surface area contributed by atoms with E-state index in [1.165, 1.54) is 6.07 Å². The summed E-state index contributed by atoms with van der Waals surface area (Å²) in [7, 11) is 0. The summed E-state index contributed by atoms with van der Waals surface area (Å²) in [6.07, 6.45) is -4.53. The van der Waals surface area contributed by atoms with Crippen LogP contribution in [-0.2, 0) is 15.8 Å². The van der Waals surface area contributed by atoms with Crippen LogP contribution in [-0.4, -0.2) is 30.5 Å². The molecule has 26 heavy (non-hydrogen) atoms. The number of urea groups is 1. The Morgan fingerprint density at radius 3 is 2.38 bits per heavy atom. The van der Waals surface area contributed by atoms with Crippen molar-refractivity contribution in [1.82, 2.24) is 16.2 Å². The molecule has 0 unspecified atom stereocenters. The van der Waals surface area contributed by atoms with E-state index in [1.807, 2.05) is 5.43 Å². The van der Waals surface area contributed by atoms with E-state index in [0.29, 0.717) is 0 Å². The van der Waals surface area contributed by atoms with Crippen LogP contribution in [0.2, 0.25) is 0 Å². The number of alkyl halides is 3. The predicted octanol–water partition coefficient (Wildman–Crippen LogP) is 0.925. The smallest absolute Gasteiger partial charge is 0.416 e. The molecule has 0 aliphatic heterocycles. The molecule has 8 nitrogen and oxygen atoms in total. The zero-order valence-corrected chi connectivity index (χ0v) is 14.0. The van der Waals surface area contributed by atoms with E-state index in [1.54, 1.807) is 13.8 Å². The van der Waals surface area contributed by atoms with Crippen molar-refractivity contribution in [1.29, 1.82) is 0 Å². The van der Waals surface area contributed by atoms with Crippen molar-refractivity contribution in [2.45, 2.75) is 26.1 Å². The molecule has 1 atom stereocenters. The van der Waals surface area contributed by atoms with Crippen LogP contribution in [0.25, 0.3) is 0 Å². The molecule has 0 aliphatic rings. The second kappa shape index (κ2) is 8.92. The summed E-state index contributed by atoms with van der Waals surface area (Å²) in [4.78, 5) is 34.4. The van der Waals surface area contributed by atoms with Crippen molar-refractivity contribution in [2.75, 3.05) is 6.61 Å². The number of benzene rings is 1. The Balaban J connectivity index is 2.52. The Morgan fingerprint density at radius 2 is 1.85 bits per heavy atom. The summed E-state index contributed by atoms with van der Waals surface area (Å²) in [6.45, 7) is 2.68. The number of nitrogens with two attached hydrogens (primary N) is 1. The van der Waals surface area contributed by atoms with E-state index in [0.717, 1.165) is 18.2 Å². The van der Waals surface area contributed by atoms with Gasteiger partial charge in [-0.05, 0) is 24.1 Å². The standard InChI is InChI=1S/C15H19F3N4O4/c1-8(2)12(20-14(19)25)13(24)22-21-11(23)7-26-10-5-3-4-9(6-10)15(16,17)18/h3-6,8,12H,7H2,1-2H3,(H,21,23)(H,22,24)(H3,19,20,25)/t12-/m0/s1. The van der Waals surface area contributed by atoms with E-state index < -0.39 is 42.2 Å². The average Bonchev–Trinajstić information content (AvgIpc) is 2.54. The van der Waals surface area contributed by atoms with Gasteiger partial charge in [-0.15, -0.1) is 0 Å². The third-order valence-corrected chi connectivity index (χ3v) is 3.10. The Kier molecular flexibility index (Phi) is 7.23. The van der Waals surface area contributed by atoms with Crippen molar-refractivity contribution in [3.63, 3.8) is 0 Å². The highest BCUT2D eigenvalue weighted by atomic mass is 19.4. The summed E-state index contributed by atoms with van der Waals surface area (Å²) in [5.41, 5.74) is 8.15. The molecule has 0 saturated carbocycles. The van der Waals surface area contributed by atoms with Gasteiger partial charge in [0.15, 0.2) is 6.61 Å². The highest BCUT2D eigenvalue weighted by Crippen LogP contribution is 2.31. The number of carbonyl (C=O) groups excluding carboxylic acids is 3. The molecule has 1 rings (SSSR count). The van der Waals surface area contributed by atoms with Crippen molar-refractivity contribution in [3.05, 3.63) is 29.8 Å². The monoisotopic (exact) mass is 376 g/mol. The lowest BCUT2D eigenvalue weighted by Crippen LogP contribution is -2.55. The van der Waals surface area contributed by atoms with Crippen molar-refractivity contribution in [3.8, 4) is 5.75 Å². The largest absolute Gasteiger partial charge is 0.484 e. The Labute approximate surface area is 147 Å². The maximum atomic E-state index is 12.6. The minimum Gasteiger partial charge on any atom is -0.484 e. The number of carbonyl (C=O) groups is 3. The maximum absolute atomic E-state index is 12.6. The van der Waals surface area contributed by atoms with Crippen LogP contribution in [0.4, 0.5) is 18.0 Å². The minimum atomic E-state index is -4.53. The zero-order valence-electron chi connectivity index (χ0n) is 14.0. The van der Waals surface area contributed by atoms with Crippen LogP contribution in [0.3, 0.4) is 0 Å². The van der Waals surface area contributed by atoms with Gasteiger partial charge in [-0.1, -0.05) is 19.9 Å². The number of hydrogen-bond acceptors (Lipinski definition) is 4. The van der Waals surface area contributed by atoms with Crippen LogP contribution in [0, 0.1) is 5.92 Å². The Hall–Kier alpha value is -2.98. The normalized spacial score (nSPS) is 12.2. The van der Waals surface area contributed by atoms with Crippen LogP contribution < -0.4 is 26.6 Å². The molecular formula is C15H19F3N4O4. The van der Waals surface area contributed by atoms with Gasteiger partial charge in [-0.3, -0.25) is 20.4 Å². The van der Waals surface area contributed by atoms with Gasteiger partial charge >= 0.3 is 12.2 Å². The molecule has 144 valence electrons. The molecule has 0 radical (unpaired) electrons. The number of hydrazine groups is 1. The highest BCUT2D eigenvalue weighted by Gasteiger charge is 2.30. The van der Waals surface area contributed by atoms with Gasteiger partial charge in [-0.2, -0.15) is 13.2 Å². The topological polar surface area (TPSA) is 123 Å². The summed E-state index contributed by atoms with van der Waals surface area (Å²) < 4.78 is 42.7. The molecule has 0 heterocycles. The van der Waals surface area contributed by atoms with Crippen molar-refractivity contribution < 1.29 is 32.3 Å². The van der Waals surface area contributed by atoms with Gasteiger partial charge in [0.05, 0.1) is 5.56 Å². The first-order valence-corrected chi connectivity index (χ1v) is 7.45. The molecule has 0 bridgehead atoms. The van der Waals surface area contributed by atoms with Gasteiger partial charge in [-0.25, -0.2) is 4.79 Å². The van der Waals surface area contributed by atoms with Gasteiger partial charge in [0.1, 0.15) is 11.8 Å². The second-order valence-electron chi connectivity index (χ2n) is 5.58. The lowest BCUT2D eigenvalue weighted by molar-refractivity contribution is -0.137. The summed E-state index contributed by atoms with van der Waals surface area (Å²) in [6, 6.07) is 2.13. The third-order valence-electron chi connectivity index (χ3n) is 3.10. The molecule has 4 amide bonds. The Bertz CT molecular complexity index is 665. The lowest BCUT2D eigenvalue weighted by atomic mass is 10.0. The van der Waals surface area contributed by atoms with Crippen LogP contribution >= 0.6 is 0 Å². The fourth-order valence-corrected chi connectivity index (χ4v) is 1.84. The van der Waals surface area contributed by atoms with Gasteiger partial charge in [0.25, 0.3) is 11.8 Å². The van der Waals surface area contributed by atoms with E-state index >= 15 is 0 Å². The van der Waals surface area contributed by atoms with Gasteiger partial charge in [0.2, 0.25) is 0 Å². The van der Waals surface area contributed by atoms with Crippen molar-refractivity contribution in [2.24, 2.45) is 11.7 Å². The number of ether oxygens (including phenoxy) is 1. The first kappa shape index (κ1) is 21.1. The van der Waals surface area contributed by atoms with Crippen LogP contribution in [0.5, 0.6) is 5.75 Å². The number of halogens is 3. The minimum absolute atomic E-state index is 0.156. The molecule has 0 aromatic heterocycles.